The van der Waals surface area contributed by atoms with E-state index in [0.29, 0.717) is 12.8 Å². The van der Waals surface area contributed by atoms with E-state index in [0.717, 1.165) is 19.3 Å². The third kappa shape index (κ3) is 1.53. The van der Waals surface area contributed by atoms with Gasteiger partial charge in [0, 0.05) is 0 Å². The van der Waals surface area contributed by atoms with Crippen LogP contribution in [0.3, 0.4) is 0 Å². The van der Waals surface area contributed by atoms with E-state index in [-0.39, 0.29) is 0 Å². The number of aliphatic imine (C=N–C) groups is 1. The Kier molecular flexibility index (Phi) is 2.61. The molecule has 0 aromatic carbocycles. The van der Waals surface area contributed by atoms with E-state index in [1.807, 2.05) is 0 Å². The van der Waals surface area contributed by atoms with E-state index in [1.165, 1.54) is 6.08 Å². The summed E-state index contributed by atoms with van der Waals surface area (Å²) in [7, 11) is 0. The molecule has 0 radical (unpaired) electrons. The molecule has 0 bridgehead atoms. The third-order valence-electron chi connectivity index (χ3n) is 2.34. The molecule has 0 atom stereocenters. The summed E-state index contributed by atoms with van der Waals surface area (Å²) in [5.41, 5.74) is -1.15. The number of carbonyl (C=O) groups excluding carboxylic acids is 1. The van der Waals surface area contributed by atoms with Gasteiger partial charge in [0.15, 0.2) is 5.54 Å². The summed E-state index contributed by atoms with van der Waals surface area (Å²) < 4.78 is 0. The van der Waals surface area contributed by atoms with E-state index >= 15 is 0 Å². The molecule has 66 valence electrons. The Morgan fingerprint density at radius 1 is 1.33 bits per heavy atom. The maximum atomic E-state index is 10.8. The molecule has 0 aromatic rings. The highest BCUT2D eigenvalue weighted by Gasteiger charge is 2.39. The second-order valence-electron chi connectivity index (χ2n) is 3.10. The first kappa shape index (κ1) is 8.94. The number of isocyanates is 1. The molecule has 12 heavy (non-hydrogen) atoms. The first-order chi connectivity index (χ1) is 5.71. The lowest BCUT2D eigenvalue weighted by molar-refractivity contribution is -0.144. The first-order valence-electron chi connectivity index (χ1n) is 4.04. The quantitative estimate of drug-likeness (QED) is 0.497. The molecule has 0 spiro atoms. The topological polar surface area (TPSA) is 66.7 Å². The van der Waals surface area contributed by atoms with Crippen LogP contribution >= 0.6 is 0 Å². The second kappa shape index (κ2) is 3.50. The zero-order valence-electron chi connectivity index (χ0n) is 6.75. The van der Waals surface area contributed by atoms with Crippen molar-refractivity contribution < 1.29 is 14.7 Å². The van der Waals surface area contributed by atoms with E-state index in [2.05, 4.69) is 4.99 Å². The van der Waals surface area contributed by atoms with Crippen molar-refractivity contribution in [2.45, 2.75) is 37.6 Å². The first-order valence-corrected chi connectivity index (χ1v) is 4.04. The van der Waals surface area contributed by atoms with Crippen molar-refractivity contribution in [3.8, 4) is 0 Å². The molecule has 1 aliphatic rings. The number of carboxylic acids is 1. The fraction of sp³-hybridized carbons (Fsp3) is 0.750. The molecule has 0 unspecified atom stereocenters. The van der Waals surface area contributed by atoms with Crippen molar-refractivity contribution in [2.24, 2.45) is 4.99 Å². The lowest BCUT2D eigenvalue weighted by atomic mass is 9.82. The summed E-state index contributed by atoms with van der Waals surface area (Å²) in [6.45, 7) is 0. The van der Waals surface area contributed by atoms with Gasteiger partial charge < -0.3 is 5.11 Å². The van der Waals surface area contributed by atoms with Gasteiger partial charge in [0.05, 0.1) is 0 Å². The van der Waals surface area contributed by atoms with Gasteiger partial charge in [-0.3, -0.25) is 0 Å². The Balaban J connectivity index is 2.83. The summed E-state index contributed by atoms with van der Waals surface area (Å²) in [4.78, 5) is 24.2. The third-order valence-corrected chi connectivity index (χ3v) is 2.34. The van der Waals surface area contributed by atoms with Gasteiger partial charge in [-0.1, -0.05) is 19.3 Å². The van der Waals surface area contributed by atoms with E-state index < -0.39 is 11.5 Å². The van der Waals surface area contributed by atoms with Crippen LogP contribution in [0.5, 0.6) is 0 Å². The molecule has 0 amide bonds. The van der Waals surface area contributed by atoms with Crippen molar-refractivity contribution in [1.82, 2.24) is 0 Å². The summed E-state index contributed by atoms with van der Waals surface area (Å²) in [6.07, 6.45) is 4.99. The normalized spacial score (nSPS) is 21.0. The molecule has 0 saturated heterocycles. The van der Waals surface area contributed by atoms with Crippen LogP contribution < -0.4 is 0 Å². The molecule has 1 saturated carbocycles. The maximum Gasteiger partial charge on any atom is 0.332 e. The van der Waals surface area contributed by atoms with Gasteiger partial charge in [-0.15, -0.1) is 0 Å². The Hall–Kier alpha value is -1.15. The van der Waals surface area contributed by atoms with Gasteiger partial charge in [-0.05, 0) is 12.8 Å². The van der Waals surface area contributed by atoms with Gasteiger partial charge in [-0.2, -0.15) is 4.99 Å². The highest BCUT2D eigenvalue weighted by Crippen LogP contribution is 2.31. The van der Waals surface area contributed by atoms with Gasteiger partial charge in [-0.25, -0.2) is 9.59 Å². The Bertz CT molecular complexity index is 220. The SMILES string of the molecule is O=C=NC1(C(=O)O)CCCCC1. The largest absolute Gasteiger partial charge is 0.479 e. The number of hydrogen-bond acceptors (Lipinski definition) is 3. The van der Waals surface area contributed by atoms with Gasteiger partial charge in [0.1, 0.15) is 0 Å². The Morgan fingerprint density at radius 3 is 2.33 bits per heavy atom. The van der Waals surface area contributed by atoms with Crippen molar-refractivity contribution >= 4 is 12.0 Å². The van der Waals surface area contributed by atoms with Crippen LogP contribution in [0.15, 0.2) is 4.99 Å². The zero-order chi connectivity index (χ0) is 9.03. The van der Waals surface area contributed by atoms with Gasteiger partial charge in [0.2, 0.25) is 6.08 Å². The smallest absolute Gasteiger partial charge is 0.332 e. The van der Waals surface area contributed by atoms with Crippen molar-refractivity contribution in [1.29, 1.82) is 0 Å². The minimum absolute atomic E-state index is 0.470. The molecule has 1 N–H and O–H groups in total. The molecule has 1 rings (SSSR count). The monoisotopic (exact) mass is 169 g/mol. The lowest BCUT2D eigenvalue weighted by Gasteiger charge is -2.27. The number of carboxylic acid groups (broad SMARTS) is 1. The second-order valence-corrected chi connectivity index (χ2v) is 3.10. The molecule has 0 heterocycles. The molecule has 0 aliphatic heterocycles. The van der Waals surface area contributed by atoms with Gasteiger partial charge in [0.25, 0.3) is 0 Å². The molecule has 0 aromatic heterocycles. The van der Waals surface area contributed by atoms with Crippen molar-refractivity contribution in [3.63, 3.8) is 0 Å². The average Bonchev–Trinajstić information content (AvgIpc) is 2.06. The zero-order valence-corrected chi connectivity index (χ0v) is 6.75. The number of carbonyl (C=O) groups is 1. The van der Waals surface area contributed by atoms with Crippen LogP contribution in [0.4, 0.5) is 0 Å². The van der Waals surface area contributed by atoms with E-state index in [9.17, 15) is 9.59 Å². The molecule has 1 aliphatic carbocycles. The molecule has 4 heteroatoms. The Labute approximate surface area is 70.3 Å². The van der Waals surface area contributed by atoms with Crippen LogP contribution in [0, 0.1) is 0 Å². The summed E-state index contributed by atoms with van der Waals surface area (Å²) in [5, 5.41) is 8.85. The molecule has 1 fully saturated rings. The summed E-state index contributed by atoms with van der Waals surface area (Å²) in [6, 6.07) is 0. The fourth-order valence-electron chi connectivity index (χ4n) is 1.60. The summed E-state index contributed by atoms with van der Waals surface area (Å²) in [5.74, 6) is -0.995. The average molecular weight is 169 g/mol. The number of nitrogens with zero attached hydrogens (tertiary/aromatic N) is 1. The van der Waals surface area contributed by atoms with Crippen LogP contribution in [-0.2, 0) is 9.59 Å². The number of rotatable bonds is 2. The number of hydrogen-bond donors (Lipinski definition) is 1. The lowest BCUT2D eigenvalue weighted by Crippen LogP contribution is -2.38. The van der Waals surface area contributed by atoms with Crippen LogP contribution in [-0.4, -0.2) is 22.7 Å². The number of aliphatic carboxylic acids is 1. The van der Waals surface area contributed by atoms with Gasteiger partial charge >= 0.3 is 5.97 Å². The Morgan fingerprint density at radius 2 is 1.92 bits per heavy atom. The summed E-state index contributed by atoms with van der Waals surface area (Å²) >= 11 is 0. The predicted molar refractivity (Wildman–Crippen MR) is 41.6 cm³/mol. The fourth-order valence-corrected chi connectivity index (χ4v) is 1.60. The van der Waals surface area contributed by atoms with Crippen molar-refractivity contribution in [3.05, 3.63) is 0 Å². The van der Waals surface area contributed by atoms with Crippen molar-refractivity contribution in [2.75, 3.05) is 0 Å². The standard InChI is InChI=1S/C8H11NO3/c10-6-9-8(7(11)12)4-2-1-3-5-8/h1-5H2,(H,11,12). The molecular formula is C8H11NO3. The predicted octanol–water partition coefficient (Wildman–Crippen LogP) is 1.11. The molecular weight excluding hydrogens is 158 g/mol. The minimum Gasteiger partial charge on any atom is -0.479 e. The maximum absolute atomic E-state index is 10.8. The molecule has 4 nitrogen and oxygen atoms in total. The minimum atomic E-state index is -1.15. The van der Waals surface area contributed by atoms with Crippen LogP contribution in [0.1, 0.15) is 32.1 Å². The highest BCUT2D eigenvalue weighted by molar-refractivity contribution is 5.80. The highest BCUT2D eigenvalue weighted by atomic mass is 16.4. The van der Waals surface area contributed by atoms with Crippen LogP contribution in [0.25, 0.3) is 0 Å². The van der Waals surface area contributed by atoms with E-state index in [1.54, 1.807) is 0 Å². The van der Waals surface area contributed by atoms with Crippen LogP contribution in [0.2, 0.25) is 0 Å². The van der Waals surface area contributed by atoms with E-state index in [4.69, 9.17) is 5.11 Å².